The summed E-state index contributed by atoms with van der Waals surface area (Å²) in [6.07, 6.45) is 2.34. The van der Waals surface area contributed by atoms with Crippen LogP contribution in [0.4, 0.5) is 0 Å². The lowest BCUT2D eigenvalue weighted by atomic mass is 9.78. The fourth-order valence-corrected chi connectivity index (χ4v) is 4.63. The monoisotopic (exact) mass is 282 g/mol. The molecule has 4 aliphatic heterocycles. The molecule has 5 heterocycles. The number of amides is 1. The molecular formula is C16H18N4O. The number of fused-ring (bicyclic) bond motifs is 1. The van der Waals surface area contributed by atoms with Crippen molar-refractivity contribution in [3.8, 4) is 0 Å². The van der Waals surface area contributed by atoms with E-state index in [4.69, 9.17) is 0 Å². The Bertz CT molecular complexity index is 694. The number of nitrogens with zero attached hydrogens (tertiary/aromatic N) is 3. The fourth-order valence-electron chi connectivity index (χ4n) is 4.63. The molecule has 0 spiro atoms. The van der Waals surface area contributed by atoms with Crippen LogP contribution in [0.3, 0.4) is 0 Å². The molecule has 5 nitrogen and oxygen atoms in total. The van der Waals surface area contributed by atoms with Crippen LogP contribution in [0.15, 0.2) is 24.3 Å². The molecular weight excluding hydrogens is 264 g/mol. The smallest absolute Gasteiger partial charge is 0.275 e. The number of benzene rings is 1. The van der Waals surface area contributed by atoms with Gasteiger partial charge in [-0.15, -0.1) is 0 Å². The molecule has 4 fully saturated rings. The maximum absolute atomic E-state index is 13.0. The van der Waals surface area contributed by atoms with Gasteiger partial charge in [-0.1, -0.05) is 18.2 Å². The lowest BCUT2D eigenvalue weighted by Gasteiger charge is -2.57. The Morgan fingerprint density at radius 1 is 1.14 bits per heavy atom. The number of piperazine rings is 1. The van der Waals surface area contributed by atoms with Crippen molar-refractivity contribution >= 4 is 16.8 Å². The minimum absolute atomic E-state index is 0.113. The van der Waals surface area contributed by atoms with E-state index in [1.807, 2.05) is 24.3 Å². The third-order valence-electron chi connectivity index (χ3n) is 5.36. The van der Waals surface area contributed by atoms with Crippen LogP contribution in [0, 0.1) is 5.92 Å². The largest absolute Gasteiger partial charge is 0.329 e. The normalized spacial score (nSPS) is 33.8. The van der Waals surface area contributed by atoms with E-state index in [1.54, 1.807) is 0 Å². The summed E-state index contributed by atoms with van der Waals surface area (Å²) in [5.41, 5.74) is 1.53. The van der Waals surface area contributed by atoms with Gasteiger partial charge in [0.2, 0.25) is 0 Å². The van der Waals surface area contributed by atoms with E-state index in [-0.39, 0.29) is 5.91 Å². The quantitative estimate of drug-likeness (QED) is 0.862. The van der Waals surface area contributed by atoms with Gasteiger partial charge in [-0.05, 0) is 24.8 Å². The van der Waals surface area contributed by atoms with E-state index in [0.717, 1.165) is 29.9 Å². The molecule has 4 bridgehead atoms. The molecule has 2 aromatic rings. The van der Waals surface area contributed by atoms with Crippen molar-refractivity contribution in [2.45, 2.75) is 24.9 Å². The predicted octanol–water partition coefficient (Wildman–Crippen LogP) is 1.48. The molecule has 4 atom stereocenters. The van der Waals surface area contributed by atoms with E-state index < -0.39 is 0 Å². The maximum atomic E-state index is 13.0. The first-order chi connectivity index (χ1) is 10.3. The highest BCUT2D eigenvalue weighted by Crippen LogP contribution is 2.39. The van der Waals surface area contributed by atoms with Crippen molar-refractivity contribution in [1.82, 2.24) is 20.0 Å². The van der Waals surface area contributed by atoms with E-state index >= 15 is 0 Å². The van der Waals surface area contributed by atoms with E-state index in [2.05, 4.69) is 20.0 Å². The number of rotatable bonds is 1. The average molecular weight is 282 g/mol. The first-order valence-electron chi connectivity index (χ1n) is 7.78. The highest BCUT2D eigenvalue weighted by Gasteiger charge is 2.48. The lowest BCUT2D eigenvalue weighted by molar-refractivity contribution is -0.0636. The van der Waals surface area contributed by atoms with Gasteiger partial charge in [0.15, 0.2) is 5.69 Å². The van der Waals surface area contributed by atoms with E-state index in [9.17, 15) is 4.79 Å². The van der Waals surface area contributed by atoms with Gasteiger partial charge in [0, 0.05) is 37.1 Å². The summed E-state index contributed by atoms with van der Waals surface area (Å²) in [7, 11) is 0. The second-order valence-electron chi connectivity index (χ2n) is 6.69. The summed E-state index contributed by atoms with van der Waals surface area (Å²) in [5, 5.41) is 8.22. The third-order valence-corrected chi connectivity index (χ3v) is 5.36. The van der Waals surface area contributed by atoms with Gasteiger partial charge in [-0.3, -0.25) is 14.8 Å². The molecule has 6 rings (SSSR count). The van der Waals surface area contributed by atoms with Crippen LogP contribution >= 0.6 is 0 Å². The van der Waals surface area contributed by atoms with E-state index in [1.165, 1.54) is 19.4 Å². The van der Waals surface area contributed by atoms with Crippen molar-refractivity contribution in [3.63, 3.8) is 0 Å². The maximum Gasteiger partial charge on any atom is 0.275 e. The number of piperidine rings is 3. The number of carbonyl (C=O) groups excluding carboxylic acids is 1. The van der Waals surface area contributed by atoms with Gasteiger partial charge in [0.05, 0.1) is 5.52 Å². The summed E-state index contributed by atoms with van der Waals surface area (Å²) in [6, 6.07) is 8.65. The number of carbonyl (C=O) groups is 1. The van der Waals surface area contributed by atoms with Gasteiger partial charge >= 0.3 is 0 Å². The van der Waals surface area contributed by atoms with Gasteiger partial charge in [0.1, 0.15) is 0 Å². The number of hydrogen-bond donors (Lipinski definition) is 1. The Hall–Kier alpha value is -1.88. The molecule has 21 heavy (non-hydrogen) atoms. The van der Waals surface area contributed by atoms with Gasteiger partial charge < -0.3 is 4.90 Å². The zero-order chi connectivity index (χ0) is 14.0. The summed E-state index contributed by atoms with van der Waals surface area (Å²) < 4.78 is 0. The van der Waals surface area contributed by atoms with Crippen LogP contribution in [0.5, 0.6) is 0 Å². The SMILES string of the molecule is O=C(c1n[nH]c2ccccc12)N1[C@@H]2CC3C[C@H]1CN(C3)C2. The second kappa shape index (κ2) is 4.07. The van der Waals surface area contributed by atoms with Crippen molar-refractivity contribution < 1.29 is 4.79 Å². The molecule has 1 amide bonds. The molecule has 0 radical (unpaired) electrons. The minimum atomic E-state index is 0.113. The highest BCUT2D eigenvalue weighted by molar-refractivity contribution is 6.05. The van der Waals surface area contributed by atoms with Crippen LogP contribution in [0.2, 0.25) is 0 Å². The Morgan fingerprint density at radius 3 is 2.67 bits per heavy atom. The Balaban J connectivity index is 1.54. The predicted molar refractivity (Wildman–Crippen MR) is 79.0 cm³/mol. The zero-order valence-corrected chi connectivity index (χ0v) is 11.8. The summed E-state index contributed by atoms with van der Waals surface area (Å²) in [4.78, 5) is 17.7. The first kappa shape index (κ1) is 11.7. The number of aromatic amines is 1. The standard InChI is InChI=1S/C16H18N4O/c21-16(15-13-3-1-2-4-14(13)17-18-15)20-11-5-10-6-12(20)9-19(7-10)8-11/h1-4,10-12H,5-9H2,(H,17,18)/t10?,11-,12+. The van der Waals surface area contributed by atoms with Crippen molar-refractivity contribution in [2.75, 3.05) is 19.6 Å². The van der Waals surface area contributed by atoms with Crippen LogP contribution in [-0.4, -0.2) is 57.6 Å². The number of aromatic nitrogens is 2. The van der Waals surface area contributed by atoms with Crippen molar-refractivity contribution in [2.24, 2.45) is 5.92 Å². The van der Waals surface area contributed by atoms with Crippen molar-refractivity contribution in [3.05, 3.63) is 30.0 Å². The summed E-state index contributed by atoms with van der Waals surface area (Å²) >= 11 is 0. The molecule has 2 unspecified atom stereocenters. The first-order valence-corrected chi connectivity index (χ1v) is 7.78. The Morgan fingerprint density at radius 2 is 1.90 bits per heavy atom. The summed E-state index contributed by atoms with van der Waals surface area (Å²) in [5.74, 6) is 0.907. The number of hydrogen-bond acceptors (Lipinski definition) is 3. The third kappa shape index (κ3) is 1.61. The number of H-pyrrole nitrogens is 1. The Kier molecular flexibility index (Phi) is 2.28. The molecule has 108 valence electrons. The minimum Gasteiger partial charge on any atom is -0.329 e. The van der Waals surface area contributed by atoms with Gasteiger partial charge in [-0.25, -0.2) is 0 Å². The molecule has 5 heteroatoms. The molecule has 0 aliphatic carbocycles. The molecule has 1 aromatic carbocycles. The van der Waals surface area contributed by atoms with Crippen molar-refractivity contribution in [1.29, 1.82) is 0 Å². The topological polar surface area (TPSA) is 52.2 Å². The lowest BCUT2D eigenvalue weighted by Crippen LogP contribution is -2.68. The average Bonchev–Trinajstić information content (AvgIpc) is 2.89. The van der Waals surface area contributed by atoms with Gasteiger partial charge in [-0.2, -0.15) is 5.10 Å². The number of nitrogens with one attached hydrogen (secondary N) is 1. The zero-order valence-electron chi connectivity index (χ0n) is 11.8. The van der Waals surface area contributed by atoms with Crippen LogP contribution in [0.25, 0.3) is 10.9 Å². The number of para-hydroxylation sites is 1. The molecule has 0 saturated carbocycles. The highest BCUT2D eigenvalue weighted by atomic mass is 16.2. The molecule has 4 saturated heterocycles. The van der Waals surface area contributed by atoms with E-state index in [0.29, 0.717) is 17.8 Å². The fraction of sp³-hybridized carbons (Fsp3) is 0.500. The van der Waals surface area contributed by atoms with Crippen LogP contribution in [0.1, 0.15) is 23.3 Å². The molecule has 1 N–H and O–H groups in total. The van der Waals surface area contributed by atoms with Gasteiger partial charge in [0.25, 0.3) is 5.91 Å². The van der Waals surface area contributed by atoms with Crippen LogP contribution in [-0.2, 0) is 0 Å². The second-order valence-corrected chi connectivity index (χ2v) is 6.69. The van der Waals surface area contributed by atoms with Crippen LogP contribution < -0.4 is 0 Å². The molecule has 4 aliphatic rings. The summed E-state index contributed by atoms with van der Waals surface area (Å²) in [6.45, 7) is 3.32. The Labute approximate surface area is 122 Å². The molecule has 1 aromatic heterocycles.